The third-order valence-electron chi connectivity index (χ3n) is 2.75. The van der Waals surface area contributed by atoms with Gasteiger partial charge < -0.3 is 10.2 Å². The summed E-state index contributed by atoms with van der Waals surface area (Å²) >= 11 is 7.31. The van der Waals surface area contributed by atoms with Crippen LogP contribution in [0.5, 0.6) is 0 Å². The molecule has 0 aliphatic carbocycles. The fourth-order valence-corrected chi connectivity index (χ4v) is 2.55. The molecule has 0 heterocycles. The minimum absolute atomic E-state index is 0.155. The first-order valence-corrected chi connectivity index (χ1v) is 7.23. The predicted molar refractivity (Wildman–Crippen MR) is 79.0 cm³/mol. The second-order valence-corrected chi connectivity index (χ2v) is 5.62. The Morgan fingerprint density at radius 2 is 1.95 bits per heavy atom. The van der Waals surface area contributed by atoms with Gasteiger partial charge in [0.1, 0.15) is 0 Å². The standard InChI is InChI=1S/C13H15BrO4S/c14-11-6-8(5-10(7-11)13(17)18)4-9(12(15)16)2-1-3-19/h5-7,9,19H,1-4H2,(H,15,16)(H,17,18). The van der Waals surface area contributed by atoms with Crippen molar-refractivity contribution in [2.45, 2.75) is 19.3 Å². The first-order chi connectivity index (χ1) is 8.93. The van der Waals surface area contributed by atoms with Crippen LogP contribution in [-0.2, 0) is 11.2 Å². The number of thiol groups is 1. The highest BCUT2D eigenvalue weighted by Crippen LogP contribution is 2.21. The molecule has 0 aliphatic rings. The van der Waals surface area contributed by atoms with Crippen molar-refractivity contribution in [1.82, 2.24) is 0 Å². The molecule has 0 amide bonds. The Labute approximate surface area is 125 Å². The zero-order chi connectivity index (χ0) is 14.4. The van der Waals surface area contributed by atoms with Crippen LogP contribution < -0.4 is 0 Å². The summed E-state index contributed by atoms with van der Waals surface area (Å²) in [4.78, 5) is 22.1. The molecule has 1 rings (SSSR count). The fraction of sp³-hybridized carbons (Fsp3) is 0.385. The van der Waals surface area contributed by atoms with Crippen molar-refractivity contribution >= 4 is 40.5 Å². The molecule has 0 spiro atoms. The molecule has 6 heteroatoms. The van der Waals surface area contributed by atoms with Crippen LogP contribution in [0.2, 0.25) is 0 Å². The van der Waals surface area contributed by atoms with Crippen molar-refractivity contribution < 1.29 is 19.8 Å². The van der Waals surface area contributed by atoms with E-state index in [1.54, 1.807) is 6.07 Å². The third kappa shape index (κ3) is 5.24. The largest absolute Gasteiger partial charge is 0.481 e. The van der Waals surface area contributed by atoms with Crippen LogP contribution in [0.3, 0.4) is 0 Å². The number of hydrogen-bond acceptors (Lipinski definition) is 3. The zero-order valence-electron chi connectivity index (χ0n) is 10.2. The van der Waals surface area contributed by atoms with Gasteiger partial charge in [-0.2, -0.15) is 12.6 Å². The number of carboxylic acid groups (broad SMARTS) is 2. The summed E-state index contributed by atoms with van der Waals surface area (Å²) in [7, 11) is 0. The molecular weight excluding hydrogens is 332 g/mol. The lowest BCUT2D eigenvalue weighted by atomic mass is 9.94. The van der Waals surface area contributed by atoms with Gasteiger partial charge in [0.05, 0.1) is 11.5 Å². The van der Waals surface area contributed by atoms with Crippen LogP contribution in [-0.4, -0.2) is 27.9 Å². The second kappa shape index (κ2) is 7.55. The highest BCUT2D eigenvalue weighted by atomic mass is 79.9. The highest BCUT2D eigenvalue weighted by Gasteiger charge is 2.18. The van der Waals surface area contributed by atoms with E-state index >= 15 is 0 Å². The monoisotopic (exact) mass is 346 g/mol. The van der Waals surface area contributed by atoms with Crippen LogP contribution in [0.1, 0.15) is 28.8 Å². The highest BCUT2D eigenvalue weighted by molar-refractivity contribution is 9.10. The number of halogens is 1. The van der Waals surface area contributed by atoms with Crippen molar-refractivity contribution in [2.75, 3.05) is 5.75 Å². The summed E-state index contributed by atoms with van der Waals surface area (Å²) in [5, 5.41) is 18.1. The third-order valence-corrected chi connectivity index (χ3v) is 3.52. The topological polar surface area (TPSA) is 74.6 Å². The van der Waals surface area contributed by atoms with Gasteiger partial charge in [-0.25, -0.2) is 4.79 Å². The number of hydrogen-bond donors (Lipinski definition) is 3. The summed E-state index contributed by atoms with van der Waals surface area (Å²) in [5.74, 6) is -1.76. The molecule has 1 aromatic rings. The summed E-state index contributed by atoms with van der Waals surface area (Å²) in [6, 6.07) is 4.77. The Bertz CT molecular complexity index is 476. The maximum Gasteiger partial charge on any atom is 0.335 e. The second-order valence-electron chi connectivity index (χ2n) is 4.26. The number of aliphatic carboxylic acids is 1. The molecule has 104 valence electrons. The van der Waals surface area contributed by atoms with Crippen LogP contribution in [0, 0.1) is 5.92 Å². The van der Waals surface area contributed by atoms with Crippen molar-refractivity contribution in [3.8, 4) is 0 Å². The van der Waals surface area contributed by atoms with E-state index in [9.17, 15) is 9.59 Å². The zero-order valence-corrected chi connectivity index (χ0v) is 12.7. The molecule has 1 unspecified atom stereocenters. The predicted octanol–water partition coefficient (Wildman–Crippen LogP) is 3.10. The average Bonchev–Trinajstić information content (AvgIpc) is 2.33. The summed E-state index contributed by atoms with van der Waals surface area (Å²) in [6.45, 7) is 0. The summed E-state index contributed by atoms with van der Waals surface area (Å²) < 4.78 is 0.640. The van der Waals surface area contributed by atoms with Crippen LogP contribution in [0.25, 0.3) is 0 Å². The Morgan fingerprint density at radius 3 is 2.47 bits per heavy atom. The molecule has 0 fully saturated rings. The molecule has 1 atom stereocenters. The SMILES string of the molecule is O=C(O)c1cc(Br)cc(CC(CCCS)C(=O)O)c1. The Kier molecular flexibility index (Phi) is 6.37. The molecule has 0 saturated heterocycles. The smallest absolute Gasteiger partial charge is 0.335 e. The van der Waals surface area contributed by atoms with Gasteiger partial charge in [0.2, 0.25) is 0 Å². The van der Waals surface area contributed by atoms with Gasteiger partial charge in [0, 0.05) is 4.47 Å². The number of rotatable bonds is 7. The number of carbonyl (C=O) groups is 2. The van der Waals surface area contributed by atoms with E-state index in [0.29, 0.717) is 28.6 Å². The lowest BCUT2D eigenvalue weighted by molar-refractivity contribution is -0.141. The maximum atomic E-state index is 11.2. The number of aromatic carboxylic acids is 1. The lowest BCUT2D eigenvalue weighted by Crippen LogP contribution is -2.17. The molecule has 19 heavy (non-hydrogen) atoms. The van der Waals surface area contributed by atoms with Gasteiger partial charge in [0.25, 0.3) is 0 Å². The van der Waals surface area contributed by atoms with E-state index < -0.39 is 17.9 Å². The molecule has 0 aliphatic heterocycles. The number of carboxylic acids is 2. The van der Waals surface area contributed by atoms with Gasteiger partial charge in [-0.15, -0.1) is 0 Å². The van der Waals surface area contributed by atoms with Gasteiger partial charge in [-0.1, -0.05) is 15.9 Å². The first-order valence-electron chi connectivity index (χ1n) is 5.80. The summed E-state index contributed by atoms with van der Waals surface area (Å²) in [6.07, 6.45) is 1.58. The average molecular weight is 347 g/mol. The van der Waals surface area contributed by atoms with Crippen molar-refractivity contribution in [2.24, 2.45) is 5.92 Å². The molecule has 4 nitrogen and oxygen atoms in total. The molecule has 1 aromatic carbocycles. The molecule has 0 saturated carbocycles. The van der Waals surface area contributed by atoms with E-state index in [1.165, 1.54) is 12.1 Å². The van der Waals surface area contributed by atoms with E-state index in [1.807, 2.05) is 0 Å². The summed E-state index contributed by atoms with van der Waals surface area (Å²) in [5.41, 5.74) is 0.862. The van der Waals surface area contributed by atoms with E-state index in [2.05, 4.69) is 28.6 Å². The van der Waals surface area contributed by atoms with E-state index in [0.717, 1.165) is 6.42 Å². The van der Waals surface area contributed by atoms with Crippen molar-refractivity contribution in [1.29, 1.82) is 0 Å². The Hall–Kier alpha value is -1.01. The number of benzene rings is 1. The fourth-order valence-electron chi connectivity index (χ4n) is 1.83. The molecule has 2 N–H and O–H groups in total. The van der Waals surface area contributed by atoms with Gasteiger partial charge in [-0.3, -0.25) is 4.79 Å². The normalized spacial score (nSPS) is 12.1. The molecular formula is C13H15BrO4S. The molecule has 0 bridgehead atoms. The lowest BCUT2D eigenvalue weighted by Gasteiger charge is -2.12. The van der Waals surface area contributed by atoms with Crippen LogP contribution in [0.4, 0.5) is 0 Å². The van der Waals surface area contributed by atoms with Crippen LogP contribution >= 0.6 is 28.6 Å². The van der Waals surface area contributed by atoms with Gasteiger partial charge >= 0.3 is 11.9 Å². The van der Waals surface area contributed by atoms with Crippen LogP contribution in [0.15, 0.2) is 22.7 Å². The van der Waals surface area contributed by atoms with Gasteiger partial charge in [-0.05, 0) is 48.8 Å². The maximum absolute atomic E-state index is 11.2. The van der Waals surface area contributed by atoms with Gasteiger partial charge in [0.15, 0.2) is 0 Å². The van der Waals surface area contributed by atoms with Crippen molar-refractivity contribution in [3.63, 3.8) is 0 Å². The molecule has 0 aromatic heterocycles. The quantitative estimate of drug-likeness (QED) is 0.663. The van der Waals surface area contributed by atoms with E-state index in [-0.39, 0.29) is 5.56 Å². The minimum Gasteiger partial charge on any atom is -0.481 e. The Balaban J connectivity index is 2.89. The van der Waals surface area contributed by atoms with E-state index in [4.69, 9.17) is 10.2 Å². The minimum atomic E-state index is -1.02. The molecule has 0 radical (unpaired) electrons. The first kappa shape index (κ1) is 16.0. The van der Waals surface area contributed by atoms with Crippen molar-refractivity contribution in [3.05, 3.63) is 33.8 Å². The Morgan fingerprint density at radius 1 is 1.26 bits per heavy atom.